The number of carbonyl (C=O) groups is 1. The molecule has 144 valence electrons. The molecule has 0 saturated carbocycles. The molecule has 1 atom stereocenters. The summed E-state index contributed by atoms with van der Waals surface area (Å²) in [6, 6.07) is 17.0. The monoisotopic (exact) mass is 378 g/mol. The molecule has 1 unspecified atom stereocenters. The van der Waals surface area contributed by atoms with Gasteiger partial charge in [-0.2, -0.15) is 4.98 Å². The Kier molecular flexibility index (Phi) is 5.23. The van der Waals surface area contributed by atoms with Crippen molar-refractivity contribution in [2.75, 3.05) is 13.7 Å². The van der Waals surface area contributed by atoms with E-state index in [1.54, 1.807) is 12.0 Å². The van der Waals surface area contributed by atoms with E-state index in [-0.39, 0.29) is 12.1 Å². The lowest BCUT2D eigenvalue weighted by atomic mass is 10.2. The largest absolute Gasteiger partial charge is 0.497 e. The van der Waals surface area contributed by atoms with Crippen molar-refractivity contribution in [2.24, 2.45) is 0 Å². The fourth-order valence-electron chi connectivity index (χ4n) is 3.39. The zero-order chi connectivity index (χ0) is 19.3. The smallest absolute Gasteiger partial charge is 0.318 e. The van der Waals surface area contributed by atoms with Gasteiger partial charge in [-0.1, -0.05) is 47.6 Å². The molecule has 7 nitrogen and oxygen atoms in total. The van der Waals surface area contributed by atoms with Crippen LogP contribution >= 0.6 is 0 Å². The van der Waals surface area contributed by atoms with Crippen LogP contribution in [0.2, 0.25) is 0 Å². The lowest BCUT2D eigenvalue weighted by Gasteiger charge is -2.22. The Morgan fingerprint density at radius 1 is 1.25 bits per heavy atom. The number of likely N-dealkylation sites (tertiary alicyclic amines) is 1. The van der Waals surface area contributed by atoms with Crippen LogP contribution in [0.5, 0.6) is 5.75 Å². The summed E-state index contributed by atoms with van der Waals surface area (Å²) >= 11 is 0. The van der Waals surface area contributed by atoms with Gasteiger partial charge in [-0.3, -0.25) is 0 Å². The number of hydrogen-bond donors (Lipinski definition) is 1. The lowest BCUT2D eigenvalue weighted by Crippen LogP contribution is -2.39. The van der Waals surface area contributed by atoms with Crippen LogP contribution in [0.4, 0.5) is 4.79 Å². The molecule has 3 aromatic rings. The van der Waals surface area contributed by atoms with Crippen molar-refractivity contribution >= 4 is 6.03 Å². The first-order valence-corrected chi connectivity index (χ1v) is 9.31. The summed E-state index contributed by atoms with van der Waals surface area (Å²) in [5, 5.41) is 7.07. The molecular formula is C21H22N4O3. The maximum absolute atomic E-state index is 12.7. The highest BCUT2D eigenvalue weighted by atomic mass is 16.5. The number of ether oxygens (including phenoxy) is 1. The van der Waals surface area contributed by atoms with Gasteiger partial charge in [-0.05, 0) is 30.5 Å². The van der Waals surface area contributed by atoms with E-state index in [2.05, 4.69) is 15.5 Å². The van der Waals surface area contributed by atoms with E-state index in [0.29, 0.717) is 24.8 Å². The fraction of sp³-hybridized carbons (Fsp3) is 0.286. The zero-order valence-corrected chi connectivity index (χ0v) is 15.7. The standard InChI is InChI=1S/C21H22N4O3/c1-27-17-10-5-9-16(13-17)19-23-20(28-24-19)18-11-6-12-25(18)21(26)22-14-15-7-3-2-4-8-15/h2-5,7-10,13,18H,6,11-12,14H2,1H3,(H,22,26). The quantitative estimate of drug-likeness (QED) is 0.731. The van der Waals surface area contributed by atoms with E-state index < -0.39 is 0 Å². The molecule has 2 heterocycles. The average Bonchev–Trinajstić information content (AvgIpc) is 3.42. The van der Waals surface area contributed by atoms with Gasteiger partial charge in [0, 0.05) is 18.7 Å². The van der Waals surface area contributed by atoms with Gasteiger partial charge in [-0.25, -0.2) is 4.79 Å². The van der Waals surface area contributed by atoms with Crippen LogP contribution in [0.15, 0.2) is 59.1 Å². The Hall–Kier alpha value is -3.35. The molecule has 0 radical (unpaired) electrons. The summed E-state index contributed by atoms with van der Waals surface area (Å²) in [6.45, 7) is 1.16. The Labute approximate surface area is 163 Å². The number of hydrogen-bond acceptors (Lipinski definition) is 5. The molecule has 1 aliphatic rings. The Morgan fingerprint density at radius 2 is 2.11 bits per heavy atom. The maximum Gasteiger partial charge on any atom is 0.318 e. The van der Waals surface area contributed by atoms with Crippen molar-refractivity contribution in [3.05, 3.63) is 66.1 Å². The third kappa shape index (κ3) is 3.83. The van der Waals surface area contributed by atoms with Crippen LogP contribution in [0.1, 0.15) is 30.3 Å². The minimum absolute atomic E-state index is 0.118. The number of nitrogens with one attached hydrogen (secondary N) is 1. The van der Waals surface area contributed by atoms with Crippen molar-refractivity contribution in [3.8, 4) is 17.1 Å². The molecule has 4 rings (SSSR count). The minimum Gasteiger partial charge on any atom is -0.497 e. The summed E-state index contributed by atoms with van der Waals surface area (Å²) in [5.74, 6) is 1.68. The van der Waals surface area contributed by atoms with Gasteiger partial charge in [0.25, 0.3) is 0 Å². The summed E-state index contributed by atoms with van der Waals surface area (Å²) in [4.78, 5) is 19.0. The van der Waals surface area contributed by atoms with Crippen molar-refractivity contribution in [3.63, 3.8) is 0 Å². The van der Waals surface area contributed by atoms with Crippen LogP contribution < -0.4 is 10.1 Å². The van der Waals surface area contributed by atoms with E-state index in [0.717, 1.165) is 29.7 Å². The summed E-state index contributed by atoms with van der Waals surface area (Å²) in [5.41, 5.74) is 1.87. The first-order chi connectivity index (χ1) is 13.7. The van der Waals surface area contributed by atoms with E-state index in [9.17, 15) is 4.79 Å². The van der Waals surface area contributed by atoms with E-state index in [1.807, 2.05) is 54.6 Å². The van der Waals surface area contributed by atoms with Gasteiger partial charge < -0.3 is 19.5 Å². The third-order valence-electron chi connectivity index (χ3n) is 4.85. The van der Waals surface area contributed by atoms with Crippen molar-refractivity contribution in [1.82, 2.24) is 20.4 Å². The number of nitrogens with zero attached hydrogens (tertiary/aromatic N) is 3. The number of benzene rings is 2. The highest BCUT2D eigenvalue weighted by Gasteiger charge is 2.34. The van der Waals surface area contributed by atoms with Crippen molar-refractivity contribution in [1.29, 1.82) is 0 Å². The molecule has 1 aliphatic heterocycles. The first-order valence-electron chi connectivity index (χ1n) is 9.31. The maximum atomic E-state index is 12.7. The molecule has 2 amide bonds. The Bertz CT molecular complexity index is 942. The van der Waals surface area contributed by atoms with Crippen LogP contribution in [0, 0.1) is 0 Å². The molecule has 1 aromatic heterocycles. The van der Waals surface area contributed by atoms with Crippen molar-refractivity contribution in [2.45, 2.75) is 25.4 Å². The fourth-order valence-corrected chi connectivity index (χ4v) is 3.39. The molecule has 28 heavy (non-hydrogen) atoms. The molecule has 1 saturated heterocycles. The second-order valence-electron chi connectivity index (χ2n) is 6.68. The number of carbonyl (C=O) groups excluding carboxylic acids is 1. The zero-order valence-electron chi connectivity index (χ0n) is 15.7. The number of aromatic nitrogens is 2. The van der Waals surface area contributed by atoms with Crippen LogP contribution in [0.3, 0.4) is 0 Å². The molecule has 0 spiro atoms. The Balaban J connectivity index is 1.46. The second kappa shape index (κ2) is 8.12. The SMILES string of the molecule is COc1cccc(-c2noc(C3CCCN3C(=O)NCc3ccccc3)n2)c1. The molecule has 0 bridgehead atoms. The minimum atomic E-state index is -0.206. The topological polar surface area (TPSA) is 80.5 Å². The van der Waals surface area contributed by atoms with E-state index in [4.69, 9.17) is 9.26 Å². The lowest BCUT2D eigenvalue weighted by molar-refractivity contribution is 0.180. The van der Waals surface area contributed by atoms with Gasteiger partial charge in [0.2, 0.25) is 11.7 Å². The number of urea groups is 1. The van der Waals surface area contributed by atoms with Gasteiger partial charge in [0.15, 0.2) is 0 Å². The van der Waals surface area contributed by atoms with E-state index in [1.165, 1.54) is 0 Å². The second-order valence-corrected chi connectivity index (χ2v) is 6.68. The van der Waals surface area contributed by atoms with Crippen LogP contribution in [-0.2, 0) is 6.54 Å². The van der Waals surface area contributed by atoms with Crippen LogP contribution in [-0.4, -0.2) is 34.7 Å². The molecule has 1 N–H and O–H groups in total. The molecule has 0 aliphatic carbocycles. The summed E-state index contributed by atoms with van der Waals surface area (Å²) < 4.78 is 10.7. The molecule has 1 fully saturated rings. The predicted molar refractivity (Wildman–Crippen MR) is 104 cm³/mol. The normalized spacial score (nSPS) is 16.2. The van der Waals surface area contributed by atoms with Gasteiger partial charge in [0.05, 0.1) is 7.11 Å². The Morgan fingerprint density at radius 3 is 2.93 bits per heavy atom. The van der Waals surface area contributed by atoms with Gasteiger partial charge in [0.1, 0.15) is 11.8 Å². The molecule has 2 aromatic carbocycles. The number of amides is 2. The third-order valence-corrected chi connectivity index (χ3v) is 4.85. The highest BCUT2D eigenvalue weighted by molar-refractivity contribution is 5.75. The highest BCUT2D eigenvalue weighted by Crippen LogP contribution is 2.32. The van der Waals surface area contributed by atoms with E-state index >= 15 is 0 Å². The van der Waals surface area contributed by atoms with Gasteiger partial charge >= 0.3 is 6.03 Å². The summed E-state index contributed by atoms with van der Waals surface area (Å²) in [7, 11) is 1.62. The first kappa shape index (κ1) is 18.0. The summed E-state index contributed by atoms with van der Waals surface area (Å²) in [6.07, 6.45) is 1.71. The average molecular weight is 378 g/mol. The van der Waals surface area contributed by atoms with Gasteiger partial charge in [-0.15, -0.1) is 0 Å². The number of methoxy groups -OCH3 is 1. The number of rotatable bonds is 5. The molecule has 7 heteroatoms. The van der Waals surface area contributed by atoms with Crippen LogP contribution in [0.25, 0.3) is 11.4 Å². The van der Waals surface area contributed by atoms with Crippen molar-refractivity contribution < 1.29 is 14.1 Å². The molecular weight excluding hydrogens is 356 g/mol. The predicted octanol–water partition coefficient (Wildman–Crippen LogP) is 3.79.